The van der Waals surface area contributed by atoms with Crippen LogP contribution < -0.4 is 10.6 Å². The molecule has 1 atom stereocenters. The summed E-state index contributed by atoms with van der Waals surface area (Å²) >= 11 is 7.36. The number of aryl methyl sites for hydroxylation is 2. The summed E-state index contributed by atoms with van der Waals surface area (Å²) in [5.74, 6) is -0.401. The van der Waals surface area contributed by atoms with Gasteiger partial charge in [-0.3, -0.25) is 9.59 Å². The lowest BCUT2D eigenvalue weighted by molar-refractivity contribution is -0.116. The Morgan fingerprint density at radius 3 is 2.70 bits per heavy atom. The Labute approximate surface area is 202 Å². The van der Waals surface area contributed by atoms with Gasteiger partial charge >= 0.3 is 0 Å². The minimum Gasteiger partial charge on any atom is -0.352 e. The number of carbonyl (C=O) groups is 2. The van der Waals surface area contributed by atoms with Crippen LogP contribution in [0.1, 0.15) is 41.9 Å². The van der Waals surface area contributed by atoms with E-state index in [-0.39, 0.29) is 17.4 Å². The number of nitriles is 1. The lowest BCUT2D eigenvalue weighted by Gasteiger charge is -2.33. The molecule has 0 saturated carbocycles. The molecule has 2 aromatic rings. The summed E-state index contributed by atoms with van der Waals surface area (Å²) in [5.41, 5.74) is 5.65. The number of Topliss-reactive ketones (excluding diaryl/α,β-unsaturated/α-hetero) is 1. The van der Waals surface area contributed by atoms with Gasteiger partial charge in [0.1, 0.15) is 0 Å². The largest absolute Gasteiger partial charge is 0.352 e. The second-order valence-corrected chi connectivity index (χ2v) is 9.71. The van der Waals surface area contributed by atoms with Crippen LogP contribution in [0.15, 0.2) is 64.3 Å². The van der Waals surface area contributed by atoms with Crippen molar-refractivity contribution in [2.75, 3.05) is 11.1 Å². The number of rotatable bonds is 5. The number of nitrogens with one attached hydrogen (secondary N) is 2. The molecular formula is C26H24ClN3O2S. The minimum absolute atomic E-state index is 0.0631. The minimum atomic E-state index is -0.458. The Hall–Kier alpha value is -3.01. The predicted octanol–water partition coefficient (Wildman–Crippen LogP) is 5.76. The molecule has 2 aliphatic rings. The van der Waals surface area contributed by atoms with Crippen LogP contribution in [-0.4, -0.2) is 17.4 Å². The van der Waals surface area contributed by atoms with Crippen molar-refractivity contribution in [3.63, 3.8) is 0 Å². The zero-order valence-electron chi connectivity index (χ0n) is 18.5. The van der Waals surface area contributed by atoms with Crippen LogP contribution in [-0.2, 0) is 9.59 Å². The third-order valence-corrected chi connectivity index (χ3v) is 7.15. The number of halogens is 1. The van der Waals surface area contributed by atoms with Crippen molar-refractivity contribution in [1.29, 1.82) is 5.26 Å². The van der Waals surface area contributed by atoms with Crippen LogP contribution in [0.25, 0.3) is 0 Å². The molecule has 33 heavy (non-hydrogen) atoms. The first kappa shape index (κ1) is 23.2. The molecule has 0 unspecified atom stereocenters. The number of hydrogen-bond acceptors (Lipinski definition) is 5. The highest BCUT2D eigenvalue weighted by Gasteiger charge is 2.37. The normalized spacial score (nSPS) is 17.9. The van der Waals surface area contributed by atoms with Gasteiger partial charge in [-0.15, -0.1) is 0 Å². The van der Waals surface area contributed by atoms with Crippen LogP contribution in [0, 0.1) is 25.2 Å². The van der Waals surface area contributed by atoms with E-state index in [4.69, 9.17) is 11.6 Å². The first-order valence-electron chi connectivity index (χ1n) is 10.8. The van der Waals surface area contributed by atoms with Gasteiger partial charge in [-0.2, -0.15) is 5.26 Å². The van der Waals surface area contributed by atoms with Crippen molar-refractivity contribution >= 4 is 40.7 Å². The van der Waals surface area contributed by atoms with Gasteiger partial charge in [-0.05, 0) is 61.6 Å². The molecule has 0 bridgehead atoms. The van der Waals surface area contributed by atoms with Gasteiger partial charge in [-0.1, -0.05) is 47.6 Å². The average molecular weight is 478 g/mol. The van der Waals surface area contributed by atoms with E-state index >= 15 is 0 Å². The summed E-state index contributed by atoms with van der Waals surface area (Å²) in [5, 5.41) is 17.6. The van der Waals surface area contributed by atoms with Crippen LogP contribution in [0.5, 0.6) is 0 Å². The number of ketones is 1. The van der Waals surface area contributed by atoms with E-state index in [1.165, 1.54) is 11.8 Å². The molecule has 0 fully saturated rings. The maximum atomic E-state index is 12.8. The topological polar surface area (TPSA) is 82.0 Å². The lowest BCUT2D eigenvalue weighted by atomic mass is 9.77. The van der Waals surface area contributed by atoms with Crippen molar-refractivity contribution in [2.45, 2.75) is 39.0 Å². The Morgan fingerprint density at radius 2 is 1.97 bits per heavy atom. The van der Waals surface area contributed by atoms with Crippen molar-refractivity contribution in [1.82, 2.24) is 5.32 Å². The van der Waals surface area contributed by atoms with Crippen LogP contribution in [0.3, 0.4) is 0 Å². The maximum Gasteiger partial charge on any atom is 0.234 e. The van der Waals surface area contributed by atoms with E-state index in [0.29, 0.717) is 27.6 Å². The highest BCUT2D eigenvalue weighted by molar-refractivity contribution is 8.03. The number of anilines is 1. The Kier molecular flexibility index (Phi) is 6.92. The second kappa shape index (κ2) is 9.86. The zero-order valence-corrected chi connectivity index (χ0v) is 20.1. The average Bonchev–Trinajstić information content (AvgIpc) is 2.80. The SMILES string of the molecule is Cc1ccc(C)c(NC(=O)CSC2=C(C#N)[C@@H](c3ccc(Cl)cc3)C3=C(CCCC3=O)N2)c1. The number of allylic oxidation sites excluding steroid dienone is 3. The molecule has 1 amide bonds. The van der Waals surface area contributed by atoms with Crippen molar-refractivity contribution < 1.29 is 9.59 Å². The van der Waals surface area contributed by atoms with E-state index in [1.807, 2.05) is 44.2 Å². The summed E-state index contributed by atoms with van der Waals surface area (Å²) in [6.07, 6.45) is 1.98. The van der Waals surface area contributed by atoms with Gasteiger partial charge in [-0.25, -0.2) is 0 Å². The Morgan fingerprint density at radius 1 is 1.21 bits per heavy atom. The van der Waals surface area contributed by atoms with Crippen molar-refractivity contribution in [3.05, 3.63) is 86.0 Å². The fourth-order valence-electron chi connectivity index (χ4n) is 4.22. The number of hydrogen-bond donors (Lipinski definition) is 2. The van der Waals surface area contributed by atoms with E-state index in [2.05, 4.69) is 16.7 Å². The lowest BCUT2D eigenvalue weighted by Crippen LogP contribution is -2.31. The van der Waals surface area contributed by atoms with E-state index in [9.17, 15) is 14.9 Å². The molecule has 5 nitrogen and oxygen atoms in total. The number of benzene rings is 2. The number of carbonyl (C=O) groups excluding carboxylic acids is 2. The first-order chi connectivity index (χ1) is 15.9. The van der Waals surface area contributed by atoms with Crippen molar-refractivity contribution in [3.8, 4) is 6.07 Å². The number of nitrogens with zero attached hydrogens (tertiary/aromatic N) is 1. The summed E-state index contributed by atoms with van der Waals surface area (Å²) in [7, 11) is 0. The molecular weight excluding hydrogens is 454 g/mol. The molecule has 0 saturated heterocycles. The van der Waals surface area contributed by atoms with Crippen LogP contribution in [0.2, 0.25) is 5.02 Å². The van der Waals surface area contributed by atoms with E-state index in [1.54, 1.807) is 12.1 Å². The van der Waals surface area contributed by atoms with Gasteiger partial charge in [0.25, 0.3) is 0 Å². The second-order valence-electron chi connectivity index (χ2n) is 8.29. The molecule has 2 aromatic carbocycles. The molecule has 168 valence electrons. The van der Waals surface area contributed by atoms with Crippen LogP contribution >= 0.6 is 23.4 Å². The smallest absolute Gasteiger partial charge is 0.234 e. The van der Waals surface area contributed by atoms with Crippen LogP contribution in [0.4, 0.5) is 5.69 Å². The zero-order chi connectivity index (χ0) is 23.5. The fraction of sp³-hybridized carbons (Fsp3) is 0.269. The summed E-state index contributed by atoms with van der Waals surface area (Å²) in [6.45, 7) is 3.93. The summed E-state index contributed by atoms with van der Waals surface area (Å²) in [4.78, 5) is 25.5. The monoisotopic (exact) mass is 477 g/mol. The highest BCUT2D eigenvalue weighted by Crippen LogP contribution is 2.44. The molecule has 2 N–H and O–H groups in total. The van der Waals surface area contributed by atoms with E-state index in [0.717, 1.165) is 40.9 Å². The highest BCUT2D eigenvalue weighted by atomic mass is 35.5. The molecule has 0 radical (unpaired) electrons. The van der Waals surface area contributed by atoms with E-state index < -0.39 is 5.92 Å². The standard InChI is InChI=1S/C26H24ClN3O2S/c1-15-6-7-16(2)21(12-15)29-23(32)14-33-26-19(13-28)24(17-8-10-18(27)11-9-17)25-20(30-26)4-3-5-22(25)31/h6-12,24,30H,3-5,14H2,1-2H3,(H,29,32)/t24-/m1/s1. The number of thioether (sulfide) groups is 1. The molecule has 0 spiro atoms. The predicted molar refractivity (Wildman–Crippen MR) is 133 cm³/mol. The number of dihydropyridines is 1. The van der Waals surface area contributed by atoms with Gasteiger partial charge in [0.05, 0.1) is 28.3 Å². The van der Waals surface area contributed by atoms with Gasteiger partial charge in [0.15, 0.2) is 5.78 Å². The fourth-order valence-corrected chi connectivity index (χ4v) is 5.21. The van der Waals surface area contributed by atoms with Crippen molar-refractivity contribution in [2.24, 2.45) is 0 Å². The Balaban J connectivity index is 1.61. The third kappa shape index (κ3) is 5.00. The van der Waals surface area contributed by atoms with Gasteiger partial charge < -0.3 is 10.6 Å². The molecule has 4 rings (SSSR count). The molecule has 0 aromatic heterocycles. The summed E-state index contributed by atoms with van der Waals surface area (Å²) in [6, 6.07) is 15.5. The first-order valence-corrected chi connectivity index (χ1v) is 12.2. The molecule has 1 aliphatic carbocycles. The summed E-state index contributed by atoms with van der Waals surface area (Å²) < 4.78 is 0. The van der Waals surface area contributed by atoms with Gasteiger partial charge in [0, 0.05) is 28.4 Å². The quantitative estimate of drug-likeness (QED) is 0.572. The van der Waals surface area contributed by atoms with Gasteiger partial charge in [0.2, 0.25) is 5.91 Å². The number of amides is 1. The molecule has 7 heteroatoms. The third-order valence-electron chi connectivity index (χ3n) is 5.88. The maximum absolute atomic E-state index is 12.8. The Bertz CT molecular complexity index is 1230. The molecule has 1 aliphatic heterocycles. The molecule has 1 heterocycles.